The zero-order chi connectivity index (χ0) is 27.7. The maximum absolute atomic E-state index is 14.2. The van der Waals surface area contributed by atoms with Crippen LogP contribution in [0.15, 0.2) is 77.7 Å². The lowest BCUT2D eigenvalue weighted by Gasteiger charge is -2.21. The summed E-state index contributed by atoms with van der Waals surface area (Å²) < 4.78 is 44.2. The molecule has 0 aliphatic carbocycles. The molecule has 0 aliphatic rings. The summed E-state index contributed by atoms with van der Waals surface area (Å²) in [5, 5.41) is 16.1. The molecule has 1 aromatic heterocycles. The van der Waals surface area contributed by atoms with Gasteiger partial charge in [0.1, 0.15) is 17.6 Å². The van der Waals surface area contributed by atoms with E-state index >= 15 is 0 Å². The molecule has 38 heavy (non-hydrogen) atoms. The number of amides is 1. The molecule has 4 aromatic rings. The summed E-state index contributed by atoms with van der Waals surface area (Å²) in [7, 11) is -3.77. The van der Waals surface area contributed by atoms with Gasteiger partial charge in [0.2, 0.25) is 10.0 Å². The molecule has 0 saturated carbocycles. The molecule has 2 N–H and O–H groups in total. The van der Waals surface area contributed by atoms with Gasteiger partial charge in [-0.2, -0.15) is 10.4 Å². The van der Waals surface area contributed by atoms with Gasteiger partial charge in [-0.1, -0.05) is 30.3 Å². The van der Waals surface area contributed by atoms with E-state index in [1.807, 2.05) is 0 Å². The van der Waals surface area contributed by atoms with Crippen LogP contribution in [0.3, 0.4) is 0 Å². The van der Waals surface area contributed by atoms with Crippen LogP contribution in [0.25, 0.3) is 16.8 Å². The van der Waals surface area contributed by atoms with Crippen LogP contribution in [-0.2, 0) is 10.0 Å². The second kappa shape index (κ2) is 10.2. The van der Waals surface area contributed by atoms with E-state index < -0.39 is 27.3 Å². The number of aryl methyl sites for hydroxylation is 1. The van der Waals surface area contributed by atoms with Crippen molar-refractivity contribution in [2.75, 3.05) is 5.32 Å². The van der Waals surface area contributed by atoms with E-state index in [1.165, 1.54) is 16.8 Å². The van der Waals surface area contributed by atoms with Gasteiger partial charge in [0.15, 0.2) is 0 Å². The first-order chi connectivity index (χ1) is 17.9. The number of nitrogens with zero attached hydrogens (tertiary/aromatic N) is 3. The summed E-state index contributed by atoms with van der Waals surface area (Å²) >= 11 is 0. The maximum Gasteiger partial charge on any atom is 0.274 e. The molecule has 0 bridgehead atoms. The Labute approximate surface area is 220 Å². The van der Waals surface area contributed by atoms with Crippen LogP contribution in [-0.4, -0.2) is 29.6 Å². The molecule has 0 fully saturated rings. The van der Waals surface area contributed by atoms with Crippen molar-refractivity contribution in [1.82, 2.24) is 14.5 Å². The molecule has 0 radical (unpaired) electrons. The average Bonchev–Trinajstić information content (AvgIpc) is 3.25. The third-order valence-corrected chi connectivity index (χ3v) is 7.27. The third-order valence-electron chi connectivity index (χ3n) is 5.45. The summed E-state index contributed by atoms with van der Waals surface area (Å²) in [5.74, 6) is -1.18. The highest BCUT2D eigenvalue weighted by Gasteiger charge is 2.25. The van der Waals surface area contributed by atoms with Gasteiger partial charge < -0.3 is 5.32 Å². The Morgan fingerprint density at radius 2 is 1.71 bits per heavy atom. The molecule has 4 rings (SSSR count). The smallest absolute Gasteiger partial charge is 0.274 e. The molecule has 0 atom stereocenters. The Morgan fingerprint density at radius 3 is 2.34 bits per heavy atom. The van der Waals surface area contributed by atoms with Gasteiger partial charge in [0.25, 0.3) is 5.91 Å². The number of sulfonamides is 1. The van der Waals surface area contributed by atoms with Gasteiger partial charge in [0.05, 0.1) is 21.8 Å². The summed E-state index contributed by atoms with van der Waals surface area (Å²) in [6, 6.07) is 20.8. The summed E-state index contributed by atoms with van der Waals surface area (Å²) in [4.78, 5) is 13.3. The minimum absolute atomic E-state index is 0.104. The summed E-state index contributed by atoms with van der Waals surface area (Å²) in [6.07, 6.45) is 0. The summed E-state index contributed by atoms with van der Waals surface area (Å²) in [5.41, 5.74) is 1.95. The zero-order valence-electron chi connectivity index (χ0n) is 21.3. The molecule has 8 nitrogen and oxygen atoms in total. The van der Waals surface area contributed by atoms with Crippen LogP contribution in [0.1, 0.15) is 42.5 Å². The molecule has 0 saturated heterocycles. The van der Waals surface area contributed by atoms with Crippen molar-refractivity contribution in [2.24, 2.45) is 0 Å². The fourth-order valence-corrected chi connectivity index (χ4v) is 5.56. The number of nitriles is 1. The topological polar surface area (TPSA) is 117 Å². The normalized spacial score (nSPS) is 11.7. The molecule has 0 aliphatic heterocycles. The number of rotatable bonds is 6. The number of hydrogen-bond acceptors (Lipinski definition) is 5. The second-order valence-corrected chi connectivity index (χ2v) is 11.4. The van der Waals surface area contributed by atoms with E-state index in [9.17, 15) is 17.6 Å². The van der Waals surface area contributed by atoms with E-state index in [0.717, 1.165) is 6.07 Å². The van der Waals surface area contributed by atoms with Crippen molar-refractivity contribution in [1.29, 1.82) is 5.26 Å². The Hall–Kier alpha value is -4.33. The average molecular weight is 532 g/mol. The fourth-order valence-electron chi connectivity index (χ4n) is 3.91. The van der Waals surface area contributed by atoms with Gasteiger partial charge >= 0.3 is 0 Å². The van der Waals surface area contributed by atoms with E-state index in [4.69, 9.17) is 5.26 Å². The van der Waals surface area contributed by atoms with Crippen molar-refractivity contribution in [3.8, 4) is 22.9 Å². The summed E-state index contributed by atoms with van der Waals surface area (Å²) in [6.45, 7) is 7.03. The standard InChI is InChI=1S/C28H26FN5O3S/c1-18-15-25(34(32-18)22-14-11-20(17-30)24(29)16-22)27(35)31-21-12-9-19(10-13-21)23-7-5-6-8-26(23)38(36,37)33-28(2,3)4/h5-16,33H,1-4H3,(H,31,35). The highest BCUT2D eigenvalue weighted by atomic mass is 32.2. The minimum atomic E-state index is -3.77. The van der Waals surface area contributed by atoms with Crippen molar-refractivity contribution in [2.45, 2.75) is 38.1 Å². The molecular weight excluding hydrogens is 505 g/mol. The van der Waals surface area contributed by atoms with E-state index in [1.54, 1.807) is 88.4 Å². The van der Waals surface area contributed by atoms with Gasteiger partial charge in [-0.3, -0.25) is 4.79 Å². The number of aromatic nitrogens is 2. The molecule has 0 spiro atoms. The number of benzene rings is 3. The van der Waals surface area contributed by atoms with Gasteiger partial charge in [0, 0.05) is 22.9 Å². The first kappa shape index (κ1) is 26.7. The quantitative estimate of drug-likeness (QED) is 0.355. The highest BCUT2D eigenvalue weighted by molar-refractivity contribution is 7.89. The van der Waals surface area contributed by atoms with Crippen molar-refractivity contribution >= 4 is 21.6 Å². The number of carbonyl (C=O) groups is 1. The number of nitrogens with one attached hydrogen (secondary N) is 2. The molecule has 194 valence electrons. The van der Waals surface area contributed by atoms with Gasteiger partial charge in [-0.25, -0.2) is 22.2 Å². The molecule has 3 aromatic carbocycles. The SMILES string of the molecule is Cc1cc(C(=O)Nc2ccc(-c3ccccc3S(=O)(=O)NC(C)(C)C)cc2)n(-c2ccc(C#N)c(F)c2)n1. The molecule has 1 amide bonds. The lowest BCUT2D eigenvalue weighted by Crippen LogP contribution is -2.40. The maximum atomic E-state index is 14.2. The number of halogens is 1. The monoisotopic (exact) mass is 531 g/mol. The fraction of sp³-hybridized carbons (Fsp3) is 0.179. The van der Waals surface area contributed by atoms with E-state index in [2.05, 4.69) is 15.1 Å². The first-order valence-electron chi connectivity index (χ1n) is 11.7. The molecule has 0 unspecified atom stereocenters. The van der Waals surface area contributed by atoms with Crippen LogP contribution in [0.4, 0.5) is 10.1 Å². The highest BCUT2D eigenvalue weighted by Crippen LogP contribution is 2.29. The van der Waals surface area contributed by atoms with Gasteiger partial charge in [-0.05, 0) is 69.7 Å². The van der Waals surface area contributed by atoms with Crippen LogP contribution in [0.2, 0.25) is 0 Å². The third kappa shape index (κ3) is 5.80. The molecular formula is C28H26FN5O3S. The number of anilines is 1. The zero-order valence-corrected chi connectivity index (χ0v) is 22.1. The van der Waals surface area contributed by atoms with Crippen molar-refractivity contribution < 1.29 is 17.6 Å². The lowest BCUT2D eigenvalue weighted by molar-refractivity contribution is 0.101. The Bertz CT molecular complexity index is 1660. The van der Waals surface area contributed by atoms with Crippen LogP contribution in [0, 0.1) is 24.1 Å². The first-order valence-corrected chi connectivity index (χ1v) is 13.2. The second-order valence-electron chi connectivity index (χ2n) is 9.74. The molecule has 1 heterocycles. The van der Waals surface area contributed by atoms with Crippen LogP contribution in [0.5, 0.6) is 0 Å². The Kier molecular flexibility index (Phi) is 7.18. The van der Waals surface area contributed by atoms with E-state index in [0.29, 0.717) is 28.2 Å². The predicted molar refractivity (Wildman–Crippen MR) is 143 cm³/mol. The number of hydrogen-bond donors (Lipinski definition) is 2. The largest absolute Gasteiger partial charge is 0.321 e. The minimum Gasteiger partial charge on any atom is -0.321 e. The Morgan fingerprint density at radius 1 is 1.03 bits per heavy atom. The predicted octanol–water partition coefficient (Wildman–Crippen LogP) is 5.19. The van der Waals surface area contributed by atoms with Crippen molar-refractivity contribution in [3.05, 3.63) is 95.6 Å². The number of carbonyl (C=O) groups excluding carboxylic acids is 1. The lowest BCUT2D eigenvalue weighted by atomic mass is 10.1. The van der Waals surface area contributed by atoms with Crippen molar-refractivity contribution in [3.63, 3.8) is 0 Å². The molecule has 10 heteroatoms. The van der Waals surface area contributed by atoms with Gasteiger partial charge in [-0.15, -0.1) is 0 Å². The van der Waals surface area contributed by atoms with Crippen LogP contribution < -0.4 is 10.0 Å². The van der Waals surface area contributed by atoms with Crippen LogP contribution >= 0.6 is 0 Å². The Balaban J connectivity index is 1.60. The van der Waals surface area contributed by atoms with E-state index in [-0.39, 0.29) is 16.2 Å².